The predicted molar refractivity (Wildman–Crippen MR) is 53.3 cm³/mol. The standard InChI is InChI=1S/C9H8ClF3N2O/c1-5-6(2-3-7(10)14-5)15-8(16)4-9(11,12)13/h2-3H,4H2,1H3,(H,15,16). The van der Waals surface area contributed by atoms with Crippen LogP contribution in [0.3, 0.4) is 0 Å². The highest BCUT2D eigenvalue weighted by Crippen LogP contribution is 2.21. The fourth-order valence-corrected chi connectivity index (χ4v) is 1.23. The molecule has 0 aliphatic carbocycles. The summed E-state index contributed by atoms with van der Waals surface area (Å²) in [5.74, 6) is -1.13. The third kappa shape index (κ3) is 4.06. The number of hydrogen-bond acceptors (Lipinski definition) is 2. The van der Waals surface area contributed by atoms with Crippen molar-refractivity contribution in [3.63, 3.8) is 0 Å². The normalized spacial score (nSPS) is 11.3. The zero-order valence-corrected chi connectivity index (χ0v) is 8.99. The van der Waals surface area contributed by atoms with Gasteiger partial charge in [0.15, 0.2) is 0 Å². The third-order valence-corrected chi connectivity index (χ3v) is 1.90. The molecule has 1 heterocycles. The Morgan fingerprint density at radius 1 is 1.50 bits per heavy atom. The molecule has 1 aromatic rings. The number of aryl methyl sites for hydroxylation is 1. The molecule has 0 aliphatic rings. The summed E-state index contributed by atoms with van der Waals surface area (Å²) in [5.41, 5.74) is 0.585. The molecular formula is C9H8ClF3N2O. The molecule has 88 valence electrons. The van der Waals surface area contributed by atoms with E-state index in [1.54, 1.807) is 0 Å². The number of carbonyl (C=O) groups is 1. The van der Waals surface area contributed by atoms with E-state index in [2.05, 4.69) is 10.3 Å². The zero-order valence-electron chi connectivity index (χ0n) is 8.23. The second-order valence-electron chi connectivity index (χ2n) is 3.11. The van der Waals surface area contributed by atoms with Gasteiger partial charge in [-0.1, -0.05) is 11.6 Å². The fraction of sp³-hybridized carbons (Fsp3) is 0.333. The number of amides is 1. The van der Waals surface area contributed by atoms with Gasteiger partial charge in [0.1, 0.15) is 11.6 Å². The molecule has 0 aromatic carbocycles. The van der Waals surface area contributed by atoms with Gasteiger partial charge in [0, 0.05) is 0 Å². The van der Waals surface area contributed by atoms with Gasteiger partial charge in [0.25, 0.3) is 0 Å². The van der Waals surface area contributed by atoms with Crippen molar-refractivity contribution in [1.29, 1.82) is 0 Å². The first-order chi connectivity index (χ1) is 7.28. The topological polar surface area (TPSA) is 42.0 Å². The van der Waals surface area contributed by atoms with Crippen LogP contribution in [-0.4, -0.2) is 17.1 Å². The first-order valence-corrected chi connectivity index (χ1v) is 4.65. The molecule has 0 saturated carbocycles. The van der Waals surface area contributed by atoms with Crippen molar-refractivity contribution in [3.8, 4) is 0 Å². The number of rotatable bonds is 2. The van der Waals surface area contributed by atoms with E-state index in [1.165, 1.54) is 19.1 Å². The quantitative estimate of drug-likeness (QED) is 0.823. The summed E-state index contributed by atoms with van der Waals surface area (Å²) >= 11 is 5.56. The highest BCUT2D eigenvalue weighted by molar-refractivity contribution is 6.29. The van der Waals surface area contributed by atoms with Crippen LogP contribution in [0, 0.1) is 6.92 Å². The summed E-state index contributed by atoms with van der Waals surface area (Å²) in [6.45, 7) is 1.54. The Kier molecular flexibility index (Phi) is 3.74. The third-order valence-electron chi connectivity index (χ3n) is 1.69. The lowest BCUT2D eigenvalue weighted by molar-refractivity contribution is -0.150. The average Bonchev–Trinajstić information content (AvgIpc) is 2.06. The van der Waals surface area contributed by atoms with Gasteiger partial charge >= 0.3 is 6.18 Å². The molecule has 0 unspecified atom stereocenters. The van der Waals surface area contributed by atoms with Crippen molar-refractivity contribution in [3.05, 3.63) is 23.0 Å². The summed E-state index contributed by atoms with van der Waals surface area (Å²) < 4.78 is 35.6. The van der Waals surface area contributed by atoms with Crippen molar-refractivity contribution in [2.45, 2.75) is 19.5 Å². The van der Waals surface area contributed by atoms with Crippen molar-refractivity contribution in [2.24, 2.45) is 0 Å². The zero-order chi connectivity index (χ0) is 12.3. The van der Waals surface area contributed by atoms with E-state index in [1.807, 2.05) is 0 Å². The number of nitrogens with zero attached hydrogens (tertiary/aromatic N) is 1. The molecule has 1 amide bonds. The van der Waals surface area contributed by atoms with Gasteiger partial charge in [0.2, 0.25) is 5.91 Å². The van der Waals surface area contributed by atoms with Crippen molar-refractivity contribution in [1.82, 2.24) is 4.98 Å². The van der Waals surface area contributed by atoms with E-state index in [0.717, 1.165) is 0 Å². The lowest BCUT2D eigenvalue weighted by atomic mass is 10.3. The molecule has 0 saturated heterocycles. The second-order valence-corrected chi connectivity index (χ2v) is 3.49. The first kappa shape index (κ1) is 12.8. The number of hydrogen-bond donors (Lipinski definition) is 1. The minimum Gasteiger partial charge on any atom is -0.324 e. The predicted octanol–water partition coefficient (Wildman–Crippen LogP) is 2.93. The van der Waals surface area contributed by atoms with Crippen LogP contribution in [0.4, 0.5) is 18.9 Å². The molecule has 0 fully saturated rings. The van der Waals surface area contributed by atoms with E-state index in [9.17, 15) is 18.0 Å². The Morgan fingerprint density at radius 3 is 2.62 bits per heavy atom. The minimum absolute atomic E-state index is 0.214. The molecule has 16 heavy (non-hydrogen) atoms. The van der Waals surface area contributed by atoms with Gasteiger partial charge in [-0.2, -0.15) is 13.2 Å². The lowest BCUT2D eigenvalue weighted by Gasteiger charge is -2.09. The molecule has 0 radical (unpaired) electrons. The van der Waals surface area contributed by atoms with E-state index >= 15 is 0 Å². The van der Waals surface area contributed by atoms with Crippen molar-refractivity contribution >= 4 is 23.2 Å². The molecule has 0 bridgehead atoms. The monoisotopic (exact) mass is 252 g/mol. The van der Waals surface area contributed by atoms with Crippen LogP contribution in [0.25, 0.3) is 0 Å². The van der Waals surface area contributed by atoms with Gasteiger partial charge in [-0.05, 0) is 19.1 Å². The average molecular weight is 253 g/mol. The van der Waals surface area contributed by atoms with E-state index in [0.29, 0.717) is 5.69 Å². The summed E-state index contributed by atoms with van der Waals surface area (Å²) in [4.78, 5) is 14.8. The summed E-state index contributed by atoms with van der Waals surface area (Å²) in [5, 5.41) is 2.33. The maximum Gasteiger partial charge on any atom is 0.397 e. The molecule has 1 N–H and O–H groups in total. The number of halogens is 4. The smallest absolute Gasteiger partial charge is 0.324 e. The maximum atomic E-state index is 11.9. The van der Waals surface area contributed by atoms with Crippen LogP contribution < -0.4 is 5.32 Å². The second kappa shape index (κ2) is 4.69. The first-order valence-electron chi connectivity index (χ1n) is 4.28. The van der Waals surface area contributed by atoms with Crippen molar-refractivity contribution in [2.75, 3.05) is 5.32 Å². The highest BCUT2D eigenvalue weighted by Gasteiger charge is 2.31. The Morgan fingerprint density at radius 2 is 2.12 bits per heavy atom. The number of carbonyl (C=O) groups excluding carboxylic acids is 1. The van der Waals surface area contributed by atoms with E-state index in [-0.39, 0.29) is 10.8 Å². The van der Waals surface area contributed by atoms with Crippen LogP contribution >= 0.6 is 11.6 Å². The number of nitrogens with one attached hydrogen (secondary N) is 1. The van der Waals surface area contributed by atoms with Gasteiger partial charge in [-0.3, -0.25) is 4.79 Å². The van der Waals surface area contributed by atoms with Crippen molar-refractivity contribution < 1.29 is 18.0 Å². The van der Waals surface area contributed by atoms with Crippen LogP contribution in [0.2, 0.25) is 5.15 Å². The van der Waals surface area contributed by atoms with Crippen LogP contribution in [0.1, 0.15) is 12.1 Å². The molecule has 7 heteroatoms. The lowest BCUT2D eigenvalue weighted by Crippen LogP contribution is -2.21. The van der Waals surface area contributed by atoms with Gasteiger partial charge in [-0.15, -0.1) is 0 Å². The molecular weight excluding hydrogens is 245 g/mol. The summed E-state index contributed by atoms with van der Waals surface area (Å²) in [6, 6.07) is 2.79. The summed E-state index contributed by atoms with van der Waals surface area (Å²) in [6.07, 6.45) is -6.03. The number of pyridine rings is 1. The SMILES string of the molecule is Cc1nc(Cl)ccc1NC(=O)CC(F)(F)F. The molecule has 1 aromatic heterocycles. The van der Waals surface area contributed by atoms with Gasteiger partial charge in [0.05, 0.1) is 11.4 Å². The molecule has 0 atom stereocenters. The Hall–Kier alpha value is -1.30. The number of alkyl halides is 3. The maximum absolute atomic E-state index is 11.9. The highest BCUT2D eigenvalue weighted by atomic mass is 35.5. The molecule has 3 nitrogen and oxygen atoms in total. The van der Waals surface area contributed by atoms with E-state index < -0.39 is 18.5 Å². The van der Waals surface area contributed by atoms with Crippen LogP contribution in [0.15, 0.2) is 12.1 Å². The van der Waals surface area contributed by atoms with Crippen LogP contribution in [-0.2, 0) is 4.79 Å². The van der Waals surface area contributed by atoms with Crippen LogP contribution in [0.5, 0.6) is 0 Å². The largest absolute Gasteiger partial charge is 0.397 e. The number of aromatic nitrogens is 1. The van der Waals surface area contributed by atoms with E-state index in [4.69, 9.17) is 11.6 Å². The van der Waals surface area contributed by atoms with Gasteiger partial charge in [-0.25, -0.2) is 4.98 Å². The Bertz CT molecular complexity index is 406. The summed E-state index contributed by atoms with van der Waals surface area (Å²) in [7, 11) is 0. The Balaban J connectivity index is 2.70. The Labute approximate surface area is 94.6 Å². The molecule has 0 spiro atoms. The molecule has 0 aliphatic heterocycles. The number of anilines is 1. The minimum atomic E-state index is -4.52. The molecule has 1 rings (SSSR count). The fourth-order valence-electron chi connectivity index (χ4n) is 1.04. The van der Waals surface area contributed by atoms with Gasteiger partial charge < -0.3 is 5.32 Å².